The molecule has 1 atom stereocenters. The number of β-amino-alcohol motifs (C(OH)–C–C–N with tert-alkyl or cyclic N) is 1. The standard InChI is InChI=1S/C17H30N4O/c1-2-8-21-12-7-18-16(21)13-20-11-5-6-17(22,15-20)14-19-9-3-4-10-19/h7,12,22H,2-6,8-11,13-15H2,1H3. The number of hydrogen-bond acceptors (Lipinski definition) is 4. The van der Waals surface area contributed by atoms with Crippen LogP contribution in [0.25, 0.3) is 0 Å². The van der Waals surface area contributed by atoms with Crippen LogP contribution in [0.1, 0.15) is 44.9 Å². The van der Waals surface area contributed by atoms with Gasteiger partial charge in [0, 0.05) is 32.0 Å². The highest BCUT2D eigenvalue weighted by molar-refractivity contribution is 4.96. The fourth-order valence-corrected chi connectivity index (χ4v) is 3.96. The number of likely N-dealkylation sites (tertiary alicyclic amines) is 2. The summed E-state index contributed by atoms with van der Waals surface area (Å²) in [5.74, 6) is 1.13. The molecule has 0 radical (unpaired) electrons. The van der Waals surface area contributed by atoms with E-state index < -0.39 is 5.60 Å². The molecule has 0 spiro atoms. The Labute approximate surface area is 133 Å². The van der Waals surface area contributed by atoms with E-state index >= 15 is 0 Å². The molecule has 1 unspecified atom stereocenters. The fourth-order valence-electron chi connectivity index (χ4n) is 3.96. The highest BCUT2D eigenvalue weighted by Gasteiger charge is 2.35. The molecule has 124 valence electrons. The molecule has 2 aliphatic rings. The van der Waals surface area contributed by atoms with Crippen LogP contribution in [0.15, 0.2) is 12.4 Å². The monoisotopic (exact) mass is 306 g/mol. The van der Waals surface area contributed by atoms with Crippen LogP contribution in [0.4, 0.5) is 0 Å². The molecule has 3 heterocycles. The zero-order chi connectivity index (χ0) is 15.4. The molecule has 2 aliphatic heterocycles. The molecule has 2 fully saturated rings. The van der Waals surface area contributed by atoms with Gasteiger partial charge in [-0.3, -0.25) is 4.90 Å². The van der Waals surface area contributed by atoms with Crippen molar-refractivity contribution in [2.45, 2.75) is 57.7 Å². The second-order valence-corrected chi connectivity index (χ2v) is 7.06. The van der Waals surface area contributed by atoms with Crippen molar-refractivity contribution in [2.24, 2.45) is 0 Å². The van der Waals surface area contributed by atoms with E-state index in [0.717, 1.165) is 70.9 Å². The van der Waals surface area contributed by atoms with Gasteiger partial charge in [-0.1, -0.05) is 6.92 Å². The van der Waals surface area contributed by atoms with Crippen molar-refractivity contribution >= 4 is 0 Å². The number of rotatable bonds is 6. The molecule has 3 rings (SSSR count). The maximum atomic E-state index is 11.0. The molecule has 1 aromatic rings. The lowest BCUT2D eigenvalue weighted by Crippen LogP contribution is -2.53. The molecule has 0 bridgehead atoms. The van der Waals surface area contributed by atoms with Gasteiger partial charge in [-0.15, -0.1) is 0 Å². The van der Waals surface area contributed by atoms with Crippen molar-refractivity contribution in [2.75, 3.05) is 32.7 Å². The van der Waals surface area contributed by atoms with E-state index in [-0.39, 0.29) is 0 Å². The summed E-state index contributed by atoms with van der Waals surface area (Å²) >= 11 is 0. The first kappa shape index (κ1) is 16.0. The molecule has 5 heteroatoms. The van der Waals surface area contributed by atoms with Gasteiger partial charge in [0.25, 0.3) is 0 Å². The van der Waals surface area contributed by atoms with Crippen molar-refractivity contribution in [3.05, 3.63) is 18.2 Å². The third-order valence-corrected chi connectivity index (χ3v) is 4.98. The third kappa shape index (κ3) is 3.89. The highest BCUT2D eigenvalue weighted by atomic mass is 16.3. The van der Waals surface area contributed by atoms with E-state index in [0.29, 0.717) is 0 Å². The number of aromatic nitrogens is 2. The molecule has 1 N–H and O–H groups in total. The highest BCUT2D eigenvalue weighted by Crippen LogP contribution is 2.25. The van der Waals surface area contributed by atoms with Crippen LogP contribution in [0.5, 0.6) is 0 Å². The van der Waals surface area contributed by atoms with E-state index in [1.165, 1.54) is 12.8 Å². The molecule has 1 aromatic heterocycles. The maximum Gasteiger partial charge on any atom is 0.122 e. The summed E-state index contributed by atoms with van der Waals surface area (Å²) in [6, 6.07) is 0. The third-order valence-electron chi connectivity index (χ3n) is 4.98. The van der Waals surface area contributed by atoms with Gasteiger partial charge in [0.15, 0.2) is 0 Å². The van der Waals surface area contributed by atoms with Crippen molar-refractivity contribution in [3.63, 3.8) is 0 Å². The summed E-state index contributed by atoms with van der Waals surface area (Å²) in [5.41, 5.74) is -0.537. The van der Waals surface area contributed by atoms with E-state index in [2.05, 4.69) is 32.5 Å². The lowest BCUT2D eigenvalue weighted by molar-refractivity contribution is -0.0526. The first-order chi connectivity index (χ1) is 10.7. The van der Waals surface area contributed by atoms with Crippen molar-refractivity contribution in [3.8, 4) is 0 Å². The normalized spacial score (nSPS) is 27.5. The van der Waals surface area contributed by atoms with Crippen LogP contribution in [0.2, 0.25) is 0 Å². The zero-order valence-corrected chi connectivity index (χ0v) is 13.9. The first-order valence-corrected chi connectivity index (χ1v) is 8.86. The van der Waals surface area contributed by atoms with Gasteiger partial charge in [0.05, 0.1) is 12.1 Å². The minimum absolute atomic E-state index is 0.537. The van der Waals surface area contributed by atoms with Gasteiger partial charge in [0.2, 0.25) is 0 Å². The Kier molecular flexibility index (Phi) is 5.16. The summed E-state index contributed by atoms with van der Waals surface area (Å²) in [5, 5.41) is 11.0. The first-order valence-electron chi connectivity index (χ1n) is 8.86. The largest absolute Gasteiger partial charge is 0.387 e. The Morgan fingerprint density at radius 3 is 2.73 bits per heavy atom. The van der Waals surface area contributed by atoms with E-state index in [9.17, 15) is 5.11 Å². The predicted octanol–water partition coefficient (Wildman–Crippen LogP) is 1.72. The van der Waals surface area contributed by atoms with Crippen molar-refractivity contribution in [1.29, 1.82) is 0 Å². The van der Waals surface area contributed by atoms with Crippen LogP contribution < -0.4 is 0 Å². The Bertz CT molecular complexity index is 469. The van der Waals surface area contributed by atoms with Gasteiger partial charge in [-0.2, -0.15) is 0 Å². The molecule has 5 nitrogen and oxygen atoms in total. The zero-order valence-electron chi connectivity index (χ0n) is 13.9. The summed E-state index contributed by atoms with van der Waals surface area (Å²) < 4.78 is 2.24. The minimum Gasteiger partial charge on any atom is -0.387 e. The molecular formula is C17H30N4O. The predicted molar refractivity (Wildman–Crippen MR) is 87.7 cm³/mol. The van der Waals surface area contributed by atoms with Gasteiger partial charge >= 0.3 is 0 Å². The Balaban J connectivity index is 1.58. The van der Waals surface area contributed by atoms with Crippen molar-refractivity contribution < 1.29 is 5.11 Å². The van der Waals surface area contributed by atoms with Gasteiger partial charge in [-0.05, 0) is 51.7 Å². The van der Waals surface area contributed by atoms with Crippen LogP contribution in [-0.4, -0.2) is 62.8 Å². The smallest absolute Gasteiger partial charge is 0.122 e. The number of aryl methyl sites for hydroxylation is 1. The van der Waals surface area contributed by atoms with Crippen LogP contribution in [0, 0.1) is 0 Å². The number of nitrogens with zero attached hydrogens (tertiary/aromatic N) is 4. The Morgan fingerprint density at radius 1 is 1.18 bits per heavy atom. The van der Waals surface area contributed by atoms with Crippen LogP contribution >= 0.6 is 0 Å². The second-order valence-electron chi connectivity index (χ2n) is 7.06. The summed E-state index contributed by atoms with van der Waals surface area (Å²) in [4.78, 5) is 9.32. The SMILES string of the molecule is CCCn1ccnc1CN1CCCC(O)(CN2CCCC2)C1. The molecule has 0 aliphatic carbocycles. The second kappa shape index (κ2) is 7.11. The number of aliphatic hydroxyl groups is 1. The summed E-state index contributed by atoms with van der Waals surface area (Å²) in [7, 11) is 0. The quantitative estimate of drug-likeness (QED) is 0.869. The van der Waals surface area contributed by atoms with Crippen LogP contribution in [-0.2, 0) is 13.1 Å². The van der Waals surface area contributed by atoms with Crippen molar-refractivity contribution in [1.82, 2.24) is 19.4 Å². The molecule has 2 saturated heterocycles. The Morgan fingerprint density at radius 2 is 1.95 bits per heavy atom. The molecule has 0 aromatic carbocycles. The topological polar surface area (TPSA) is 44.5 Å². The van der Waals surface area contributed by atoms with E-state index in [1.54, 1.807) is 0 Å². The fraction of sp³-hybridized carbons (Fsp3) is 0.824. The Hall–Kier alpha value is -0.910. The number of imidazole rings is 1. The summed E-state index contributed by atoms with van der Waals surface area (Å²) in [6.45, 7) is 9.08. The molecule has 0 saturated carbocycles. The van der Waals surface area contributed by atoms with Gasteiger partial charge < -0.3 is 14.6 Å². The molecule has 22 heavy (non-hydrogen) atoms. The number of hydrogen-bond donors (Lipinski definition) is 1. The number of piperidine rings is 1. The molecular weight excluding hydrogens is 276 g/mol. The van der Waals surface area contributed by atoms with Gasteiger partial charge in [0.1, 0.15) is 5.82 Å². The molecule has 0 amide bonds. The average Bonchev–Trinajstić information content (AvgIpc) is 3.12. The maximum absolute atomic E-state index is 11.0. The lowest BCUT2D eigenvalue weighted by atomic mass is 9.92. The van der Waals surface area contributed by atoms with E-state index in [1.807, 2.05) is 6.20 Å². The van der Waals surface area contributed by atoms with E-state index in [4.69, 9.17) is 0 Å². The van der Waals surface area contributed by atoms with Gasteiger partial charge in [-0.25, -0.2) is 4.98 Å². The van der Waals surface area contributed by atoms with Crippen LogP contribution in [0.3, 0.4) is 0 Å². The minimum atomic E-state index is -0.537. The summed E-state index contributed by atoms with van der Waals surface area (Å²) in [6.07, 6.45) is 9.68. The lowest BCUT2D eigenvalue weighted by Gasteiger charge is -2.41. The average molecular weight is 306 g/mol.